The van der Waals surface area contributed by atoms with Crippen molar-refractivity contribution in [2.75, 3.05) is 12.3 Å². The number of thioether (sulfide) groups is 1. The summed E-state index contributed by atoms with van der Waals surface area (Å²) in [5.41, 5.74) is -3.51. The molecule has 176 valence electrons. The van der Waals surface area contributed by atoms with E-state index in [-0.39, 0.29) is 24.3 Å². The standard InChI is InChI=1S/C23H38N2O5S/c1-4-5-6-10-13-18-20(28)25-23(22(18,3)30,19(27)17-11-8-7-9-12-17)21(29)31-15-14-24-16(2)26/h8,11,17-19,27,30H,4-7,9-10,12-15H2,1-3H3,(H,24,26)(H,25,28)/t17-,18+,19+,22+,23+/m1/s1. The zero-order valence-corrected chi connectivity index (χ0v) is 19.8. The second-order valence-corrected chi connectivity index (χ2v) is 10.0. The number of rotatable bonds is 11. The molecular formula is C23H38N2O5S. The highest BCUT2D eigenvalue weighted by atomic mass is 32.2. The van der Waals surface area contributed by atoms with E-state index in [0.29, 0.717) is 18.6 Å². The fraction of sp³-hybridized carbons (Fsp3) is 0.783. The fourth-order valence-electron chi connectivity index (χ4n) is 4.78. The highest BCUT2D eigenvalue weighted by Crippen LogP contribution is 2.46. The van der Waals surface area contributed by atoms with Gasteiger partial charge in [0.1, 0.15) is 5.60 Å². The molecule has 0 aromatic heterocycles. The smallest absolute Gasteiger partial charge is 0.227 e. The first-order valence-electron chi connectivity index (χ1n) is 11.5. The van der Waals surface area contributed by atoms with Crippen LogP contribution in [0.1, 0.15) is 72.1 Å². The number of allylic oxidation sites excluding steroid dienone is 1. The summed E-state index contributed by atoms with van der Waals surface area (Å²) in [6.07, 6.45) is 9.45. The summed E-state index contributed by atoms with van der Waals surface area (Å²) >= 11 is 0.933. The monoisotopic (exact) mass is 454 g/mol. The Balaban J connectivity index is 2.28. The van der Waals surface area contributed by atoms with E-state index in [1.165, 1.54) is 13.8 Å². The summed E-state index contributed by atoms with van der Waals surface area (Å²) in [6, 6.07) is 0. The lowest BCUT2D eigenvalue weighted by molar-refractivity contribution is -0.142. The van der Waals surface area contributed by atoms with Crippen molar-refractivity contribution in [2.24, 2.45) is 11.8 Å². The molecule has 5 atom stereocenters. The molecule has 2 aliphatic rings. The maximum atomic E-state index is 13.5. The predicted octanol–water partition coefficient (Wildman–Crippen LogP) is 2.31. The molecule has 31 heavy (non-hydrogen) atoms. The van der Waals surface area contributed by atoms with Crippen molar-refractivity contribution >= 4 is 28.7 Å². The van der Waals surface area contributed by atoms with Gasteiger partial charge < -0.3 is 20.8 Å². The van der Waals surface area contributed by atoms with Gasteiger partial charge in [-0.15, -0.1) is 0 Å². The summed E-state index contributed by atoms with van der Waals surface area (Å²) in [7, 11) is 0. The Hall–Kier alpha value is -1.38. The van der Waals surface area contributed by atoms with Gasteiger partial charge in [-0.05, 0) is 32.6 Å². The summed E-state index contributed by atoms with van der Waals surface area (Å²) < 4.78 is 0. The van der Waals surface area contributed by atoms with Crippen LogP contribution < -0.4 is 10.6 Å². The van der Waals surface area contributed by atoms with Crippen LogP contribution in [0.5, 0.6) is 0 Å². The van der Waals surface area contributed by atoms with E-state index in [0.717, 1.165) is 50.3 Å². The van der Waals surface area contributed by atoms with Crippen LogP contribution in [-0.4, -0.2) is 56.7 Å². The van der Waals surface area contributed by atoms with Crippen LogP contribution in [0.2, 0.25) is 0 Å². The van der Waals surface area contributed by atoms with Gasteiger partial charge >= 0.3 is 0 Å². The highest BCUT2D eigenvalue weighted by molar-refractivity contribution is 8.13. The average molecular weight is 455 g/mol. The molecule has 0 radical (unpaired) electrons. The van der Waals surface area contributed by atoms with Crippen molar-refractivity contribution in [1.29, 1.82) is 0 Å². The molecule has 0 aromatic rings. The Bertz CT molecular complexity index is 681. The quantitative estimate of drug-likeness (QED) is 0.281. The summed E-state index contributed by atoms with van der Waals surface area (Å²) in [4.78, 5) is 37.5. The van der Waals surface area contributed by atoms with Gasteiger partial charge in [-0.2, -0.15) is 0 Å². The van der Waals surface area contributed by atoms with Crippen molar-refractivity contribution in [3.8, 4) is 0 Å². The van der Waals surface area contributed by atoms with E-state index in [4.69, 9.17) is 0 Å². The maximum Gasteiger partial charge on any atom is 0.227 e. The van der Waals surface area contributed by atoms with Crippen LogP contribution in [0, 0.1) is 11.8 Å². The lowest BCUT2D eigenvalue weighted by atomic mass is 9.68. The second-order valence-electron chi connectivity index (χ2n) is 8.93. The van der Waals surface area contributed by atoms with Gasteiger partial charge in [0, 0.05) is 25.1 Å². The topological polar surface area (TPSA) is 116 Å². The molecule has 2 rings (SSSR count). The van der Waals surface area contributed by atoms with Crippen LogP contribution in [0.4, 0.5) is 0 Å². The van der Waals surface area contributed by atoms with Crippen LogP contribution in [0.3, 0.4) is 0 Å². The van der Waals surface area contributed by atoms with Gasteiger partial charge in [-0.1, -0.05) is 56.5 Å². The molecule has 0 spiro atoms. The number of carbonyl (C=O) groups is 3. The number of amides is 2. The Morgan fingerprint density at radius 3 is 2.71 bits per heavy atom. The van der Waals surface area contributed by atoms with Crippen molar-refractivity contribution in [1.82, 2.24) is 10.6 Å². The van der Waals surface area contributed by atoms with Crippen LogP contribution in [0.25, 0.3) is 0 Å². The first-order valence-corrected chi connectivity index (χ1v) is 12.5. The summed E-state index contributed by atoms with van der Waals surface area (Å²) in [5, 5.41) is 28.0. The van der Waals surface area contributed by atoms with E-state index < -0.39 is 28.3 Å². The zero-order valence-electron chi connectivity index (χ0n) is 19.0. The number of unbranched alkanes of at least 4 members (excludes halogenated alkanes) is 3. The van der Waals surface area contributed by atoms with E-state index in [2.05, 4.69) is 17.6 Å². The Labute approximate surface area is 189 Å². The Morgan fingerprint density at radius 2 is 2.10 bits per heavy atom. The number of nitrogens with one attached hydrogen (secondary N) is 2. The summed E-state index contributed by atoms with van der Waals surface area (Å²) in [6.45, 7) is 5.31. The largest absolute Gasteiger partial charge is 0.389 e. The molecule has 8 heteroatoms. The molecule has 4 N–H and O–H groups in total. The van der Waals surface area contributed by atoms with E-state index in [1.807, 2.05) is 12.2 Å². The van der Waals surface area contributed by atoms with E-state index >= 15 is 0 Å². The van der Waals surface area contributed by atoms with Gasteiger partial charge in [0.25, 0.3) is 0 Å². The first kappa shape index (κ1) is 25.9. The van der Waals surface area contributed by atoms with Crippen molar-refractivity contribution in [3.63, 3.8) is 0 Å². The van der Waals surface area contributed by atoms with Crippen molar-refractivity contribution < 1.29 is 24.6 Å². The van der Waals surface area contributed by atoms with Crippen LogP contribution in [-0.2, 0) is 14.4 Å². The minimum Gasteiger partial charge on any atom is -0.389 e. The maximum absolute atomic E-state index is 13.5. The second kappa shape index (κ2) is 11.5. The average Bonchev–Trinajstić information content (AvgIpc) is 2.94. The summed E-state index contributed by atoms with van der Waals surface area (Å²) in [5.74, 6) is -1.36. The molecule has 0 aromatic carbocycles. The van der Waals surface area contributed by atoms with Gasteiger partial charge in [0.2, 0.25) is 16.9 Å². The van der Waals surface area contributed by atoms with Crippen molar-refractivity contribution in [2.45, 2.75) is 89.4 Å². The predicted molar refractivity (Wildman–Crippen MR) is 122 cm³/mol. The molecule has 1 saturated heterocycles. The normalized spacial score (nSPS) is 31.3. The third-order valence-electron chi connectivity index (χ3n) is 6.63. The van der Waals surface area contributed by atoms with Gasteiger partial charge in [0.15, 0.2) is 5.54 Å². The molecular weight excluding hydrogens is 416 g/mol. The number of aliphatic hydroxyl groups excluding tert-OH is 1. The molecule has 0 saturated carbocycles. The molecule has 1 aliphatic carbocycles. The SMILES string of the molecule is CCCCCC[C@H]1C(=O)N[C@](C(=O)SCCNC(C)=O)([C@@H](O)[C@@H]2C=CCCC2)[C@@]1(C)O. The number of hydrogen-bond donors (Lipinski definition) is 4. The molecule has 1 heterocycles. The molecule has 0 unspecified atom stereocenters. The molecule has 1 fully saturated rings. The minimum atomic E-state index is -1.78. The molecule has 7 nitrogen and oxygen atoms in total. The van der Waals surface area contributed by atoms with E-state index in [9.17, 15) is 24.6 Å². The van der Waals surface area contributed by atoms with Crippen LogP contribution in [0.15, 0.2) is 12.2 Å². The third kappa shape index (κ3) is 5.71. The van der Waals surface area contributed by atoms with Gasteiger partial charge in [0.05, 0.1) is 12.0 Å². The van der Waals surface area contributed by atoms with E-state index in [1.54, 1.807) is 0 Å². The molecule has 2 amide bonds. The van der Waals surface area contributed by atoms with Crippen molar-refractivity contribution in [3.05, 3.63) is 12.2 Å². The highest BCUT2D eigenvalue weighted by Gasteiger charge is 2.68. The third-order valence-corrected chi connectivity index (χ3v) is 7.62. The Kier molecular flexibility index (Phi) is 9.58. The Morgan fingerprint density at radius 1 is 1.35 bits per heavy atom. The van der Waals surface area contributed by atoms with Gasteiger partial charge in [-0.3, -0.25) is 14.4 Å². The number of hydrogen-bond acceptors (Lipinski definition) is 6. The fourth-order valence-corrected chi connectivity index (χ4v) is 5.78. The number of aliphatic hydroxyl groups is 2. The lowest BCUT2D eigenvalue weighted by Crippen LogP contribution is -2.69. The lowest BCUT2D eigenvalue weighted by Gasteiger charge is -2.45. The zero-order chi connectivity index (χ0) is 23.1. The minimum absolute atomic E-state index is 0.191. The molecule has 1 aliphatic heterocycles. The van der Waals surface area contributed by atoms with Crippen LogP contribution >= 0.6 is 11.8 Å². The number of carbonyl (C=O) groups excluding carboxylic acids is 3. The molecule has 0 bridgehead atoms. The van der Waals surface area contributed by atoms with Gasteiger partial charge in [-0.25, -0.2) is 0 Å². The first-order chi connectivity index (χ1) is 14.7.